The van der Waals surface area contributed by atoms with E-state index in [4.69, 9.17) is 27.8 Å². The molecule has 0 aromatic carbocycles. The Morgan fingerprint density at radius 2 is 2.19 bits per heavy atom. The fourth-order valence-corrected chi connectivity index (χ4v) is 3.38. The molecule has 2 heterocycles. The second-order valence-corrected chi connectivity index (χ2v) is 8.10. The molecule has 0 radical (unpaired) electrons. The highest BCUT2D eigenvalue weighted by Gasteiger charge is 2.45. The first kappa shape index (κ1) is 21.3. The predicted molar refractivity (Wildman–Crippen MR) is 95.0 cm³/mol. The molecule has 1 aromatic heterocycles. The van der Waals surface area contributed by atoms with E-state index in [-0.39, 0.29) is 15.0 Å². The highest BCUT2D eigenvalue weighted by Crippen LogP contribution is 2.23. The predicted octanol–water partition coefficient (Wildman–Crippen LogP) is -0.634. The van der Waals surface area contributed by atoms with E-state index < -0.39 is 51.2 Å². The van der Waals surface area contributed by atoms with Crippen LogP contribution in [0.1, 0.15) is 5.69 Å². The van der Waals surface area contributed by atoms with Gasteiger partial charge in [-0.05, 0) is 0 Å². The molecule has 1 atom stereocenters. The summed E-state index contributed by atoms with van der Waals surface area (Å²) in [5, 5.41) is 8.19. The molecule has 1 aliphatic heterocycles. The molecule has 0 aliphatic carbocycles. The number of anilines is 1. The number of amides is 3. The van der Waals surface area contributed by atoms with Crippen molar-refractivity contribution in [1.82, 2.24) is 14.6 Å². The molecule has 148 valence electrons. The second-order valence-electron chi connectivity index (χ2n) is 4.82. The minimum absolute atomic E-state index is 0.0832. The maximum absolute atomic E-state index is 12.4. The van der Waals surface area contributed by atoms with Gasteiger partial charge in [0.05, 0.1) is 12.1 Å². The maximum Gasteiger partial charge on any atom is 0.362 e. The first-order chi connectivity index (χ1) is 12.6. The van der Waals surface area contributed by atoms with Gasteiger partial charge < -0.3 is 15.5 Å². The minimum Gasteiger partial charge on any atom is -0.398 e. The first-order valence-corrected chi connectivity index (χ1v) is 9.95. The van der Waals surface area contributed by atoms with Crippen molar-refractivity contribution in [2.24, 2.45) is 5.16 Å². The Morgan fingerprint density at radius 3 is 2.70 bits per heavy atom. The normalized spacial score (nSPS) is 17.5. The van der Waals surface area contributed by atoms with Crippen LogP contribution in [-0.2, 0) is 29.5 Å². The Hall–Kier alpha value is -2.00. The Bertz CT molecular complexity index is 901. The lowest BCUT2D eigenvalue weighted by atomic mass is 10.1. The summed E-state index contributed by atoms with van der Waals surface area (Å²) < 4.78 is 30.8. The van der Waals surface area contributed by atoms with Crippen LogP contribution in [0, 0.1) is 0 Å². The number of hydrogen-bond donors (Lipinski definition) is 3. The number of hydrogen-bond acceptors (Lipinski definition) is 9. The zero-order valence-electron chi connectivity index (χ0n) is 13.2. The van der Waals surface area contributed by atoms with Crippen LogP contribution in [0.25, 0.3) is 0 Å². The van der Waals surface area contributed by atoms with Crippen molar-refractivity contribution in [2.45, 2.75) is 10.9 Å². The smallest absolute Gasteiger partial charge is 0.362 e. The third-order valence-electron chi connectivity index (χ3n) is 3.10. The van der Waals surface area contributed by atoms with Crippen LogP contribution in [0.15, 0.2) is 10.7 Å². The molecular formula is C11H11Cl2N5O7S2. The van der Waals surface area contributed by atoms with Crippen molar-refractivity contribution >= 4 is 73.3 Å². The first-order valence-electron chi connectivity index (χ1n) is 6.80. The van der Waals surface area contributed by atoms with Crippen molar-refractivity contribution < 1.29 is 32.2 Å². The van der Waals surface area contributed by atoms with Crippen LogP contribution in [0.2, 0.25) is 0 Å². The maximum atomic E-state index is 12.4. The molecule has 2 rings (SSSR count). The second kappa shape index (κ2) is 8.35. The van der Waals surface area contributed by atoms with Crippen LogP contribution >= 0.6 is 34.5 Å². The van der Waals surface area contributed by atoms with Crippen molar-refractivity contribution in [3.05, 3.63) is 11.2 Å². The van der Waals surface area contributed by atoms with Gasteiger partial charge in [-0.3, -0.25) is 18.9 Å². The SMILES string of the molecule is CON=C(C(=O)NC1CN(S(=O)(=O)O)C1=O)c1ncsc1NC(=O)C(Cl)Cl. The highest BCUT2D eigenvalue weighted by atomic mass is 35.5. The average molecular weight is 460 g/mol. The number of β-lactam (4-membered cyclic amide) rings is 1. The number of rotatable bonds is 7. The summed E-state index contributed by atoms with van der Waals surface area (Å²) in [6, 6.07) is -1.20. The Balaban J connectivity index is 2.16. The number of nitrogens with one attached hydrogen (secondary N) is 2. The standard InChI is InChI=1S/C11H11Cl2N5O7S2/c1-25-17-5(6-10(26-3-14-6)16-9(20)7(12)13)8(19)15-4-2-18(11(4)21)27(22,23)24/h3-4,7H,2H2,1H3,(H,15,19)(H,16,20)(H,22,23,24). The number of nitrogens with zero attached hydrogens (tertiary/aromatic N) is 3. The van der Waals surface area contributed by atoms with E-state index in [0.717, 1.165) is 18.4 Å². The molecule has 1 fully saturated rings. The molecule has 27 heavy (non-hydrogen) atoms. The summed E-state index contributed by atoms with van der Waals surface area (Å²) >= 11 is 11.9. The van der Waals surface area contributed by atoms with E-state index in [1.807, 2.05) is 0 Å². The Labute approximate surface area is 166 Å². The zero-order valence-corrected chi connectivity index (χ0v) is 16.4. The number of thiazole rings is 1. The van der Waals surface area contributed by atoms with Crippen molar-refractivity contribution in [3.8, 4) is 0 Å². The molecule has 3 amide bonds. The molecule has 12 nitrogen and oxygen atoms in total. The summed E-state index contributed by atoms with van der Waals surface area (Å²) in [4.78, 5) is 42.9. The van der Waals surface area contributed by atoms with E-state index in [1.54, 1.807) is 0 Å². The van der Waals surface area contributed by atoms with E-state index >= 15 is 0 Å². The molecule has 0 spiro atoms. The van der Waals surface area contributed by atoms with Crippen LogP contribution in [-0.4, -0.2) is 70.2 Å². The summed E-state index contributed by atoms with van der Waals surface area (Å²) in [5.41, 5.74) is 0.822. The highest BCUT2D eigenvalue weighted by molar-refractivity contribution is 7.84. The van der Waals surface area contributed by atoms with Gasteiger partial charge in [-0.15, -0.1) is 11.3 Å². The minimum atomic E-state index is -4.69. The quantitative estimate of drug-likeness (QED) is 0.159. The number of aromatic nitrogens is 1. The monoisotopic (exact) mass is 459 g/mol. The van der Waals surface area contributed by atoms with Gasteiger partial charge >= 0.3 is 10.3 Å². The van der Waals surface area contributed by atoms with Gasteiger partial charge in [0.25, 0.3) is 17.7 Å². The van der Waals surface area contributed by atoms with Gasteiger partial charge in [0.15, 0.2) is 10.5 Å². The fourth-order valence-electron chi connectivity index (χ4n) is 1.89. The van der Waals surface area contributed by atoms with Gasteiger partial charge in [0.2, 0.25) is 0 Å². The zero-order chi connectivity index (χ0) is 20.4. The number of carbonyl (C=O) groups excluding carboxylic acids is 3. The molecule has 3 N–H and O–H groups in total. The fraction of sp³-hybridized carbons (Fsp3) is 0.364. The van der Waals surface area contributed by atoms with E-state index in [0.29, 0.717) is 0 Å². The van der Waals surface area contributed by atoms with Gasteiger partial charge in [-0.25, -0.2) is 9.29 Å². The number of oxime groups is 1. The summed E-state index contributed by atoms with van der Waals surface area (Å²) in [7, 11) is -3.54. The van der Waals surface area contributed by atoms with Crippen LogP contribution in [0.5, 0.6) is 0 Å². The van der Waals surface area contributed by atoms with Crippen molar-refractivity contribution in [3.63, 3.8) is 0 Å². The molecule has 0 saturated carbocycles. The van der Waals surface area contributed by atoms with Gasteiger partial charge in [0, 0.05) is 0 Å². The van der Waals surface area contributed by atoms with Crippen LogP contribution < -0.4 is 10.6 Å². The summed E-state index contributed by atoms with van der Waals surface area (Å²) in [5.74, 6) is -2.72. The Morgan fingerprint density at radius 1 is 1.52 bits per heavy atom. The molecule has 16 heteroatoms. The van der Waals surface area contributed by atoms with Gasteiger partial charge in [-0.1, -0.05) is 28.4 Å². The van der Waals surface area contributed by atoms with Gasteiger partial charge in [-0.2, -0.15) is 8.42 Å². The number of halogens is 2. The number of alkyl halides is 2. The lowest BCUT2D eigenvalue weighted by molar-refractivity contribution is -0.139. The molecule has 1 unspecified atom stereocenters. The lowest BCUT2D eigenvalue weighted by Crippen LogP contribution is -2.65. The Kier molecular flexibility index (Phi) is 6.59. The molecule has 0 bridgehead atoms. The van der Waals surface area contributed by atoms with E-state index in [9.17, 15) is 22.8 Å². The molecular weight excluding hydrogens is 449 g/mol. The average Bonchev–Trinajstić information content (AvgIpc) is 3.01. The summed E-state index contributed by atoms with van der Waals surface area (Å²) in [6.45, 7) is -0.454. The van der Waals surface area contributed by atoms with Gasteiger partial charge in [0.1, 0.15) is 23.8 Å². The largest absolute Gasteiger partial charge is 0.398 e. The summed E-state index contributed by atoms with van der Waals surface area (Å²) in [6.07, 6.45) is 0. The number of carbonyl (C=O) groups is 3. The lowest BCUT2D eigenvalue weighted by Gasteiger charge is -2.35. The third kappa shape index (κ3) is 4.84. The van der Waals surface area contributed by atoms with Crippen molar-refractivity contribution in [1.29, 1.82) is 0 Å². The van der Waals surface area contributed by atoms with E-state index in [2.05, 4.69) is 25.6 Å². The third-order valence-corrected chi connectivity index (χ3v) is 5.12. The van der Waals surface area contributed by atoms with Crippen LogP contribution in [0.3, 0.4) is 0 Å². The van der Waals surface area contributed by atoms with Crippen molar-refractivity contribution in [2.75, 3.05) is 19.0 Å². The molecule has 1 saturated heterocycles. The molecule has 1 aliphatic rings. The topological polar surface area (TPSA) is 167 Å². The van der Waals surface area contributed by atoms with E-state index in [1.165, 1.54) is 5.51 Å². The molecule has 1 aromatic rings. The van der Waals surface area contributed by atoms with Crippen LogP contribution in [0.4, 0.5) is 5.00 Å².